The van der Waals surface area contributed by atoms with Crippen LogP contribution in [0.1, 0.15) is 22.8 Å². The molecule has 23 heavy (non-hydrogen) atoms. The minimum atomic E-state index is -1.48. The number of benzene rings is 2. The summed E-state index contributed by atoms with van der Waals surface area (Å²) in [6.45, 7) is 2.42. The maximum Gasteiger partial charge on any atom is 0.323 e. The highest BCUT2D eigenvalue weighted by atomic mass is 32.2. The van der Waals surface area contributed by atoms with Gasteiger partial charge >= 0.3 is 5.97 Å². The first-order valence-corrected chi connectivity index (χ1v) is 8.80. The number of hydrogen-bond acceptors (Lipinski definition) is 3. The van der Waals surface area contributed by atoms with Gasteiger partial charge in [-0.15, -0.1) is 0 Å². The first kappa shape index (κ1) is 17.2. The zero-order valence-corrected chi connectivity index (χ0v) is 13.8. The molecule has 2 rings (SSSR count). The molecule has 2 unspecified atom stereocenters. The number of carboxylic acid groups (broad SMARTS) is 1. The second-order valence-corrected chi connectivity index (χ2v) is 6.87. The number of ether oxygens (including phenoxy) is 1. The Balaban J connectivity index is 1.85. The molecule has 0 bridgehead atoms. The van der Waals surface area contributed by atoms with Crippen LogP contribution in [0.4, 0.5) is 0 Å². The molecule has 0 saturated heterocycles. The Bertz CT molecular complexity index is 652. The molecule has 0 aliphatic heterocycles. The smallest absolute Gasteiger partial charge is 0.323 e. The number of carbonyl (C=O) groups is 1. The van der Waals surface area contributed by atoms with E-state index in [1.807, 2.05) is 31.2 Å². The summed E-state index contributed by atoms with van der Waals surface area (Å²) >= 11 is 0. The molecule has 2 atom stereocenters. The normalized spacial score (nSPS) is 13.3. The molecule has 0 heterocycles. The molecule has 122 valence electrons. The summed E-state index contributed by atoms with van der Waals surface area (Å²) in [4.78, 5) is 11.4. The topological polar surface area (TPSA) is 63.6 Å². The quantitative estimate of drug-likeness (QED) is 0.753. The molecule has 0 fully saturated rings. The molecule has 0 aromatic heterocycles. The van der Waals surface area contributed by atoms with Crippen molar-refractivity contribution in [3.8, 4) is 5.75 Å². The lowest BCUT2D eigenvalue weighted by Crippen LogP contribution is -2.20. The van der Waals surface area contributed by atoms with Gasteiger partial charge in [-0.25, -0.2) is 0 Å². The molecule has 5 heteroatoms. The van der Waals surface area contributed by atoms with Gasteiger partial charge in [0.25, 0.3) is 0 Å². The average molecular weight is 332 g/mol. The minimum absolute atomic E-state index is 0.289. The second kappa shape index (κ2) is 8.48. The predicted molar refractivity (Wildman–Crippen MR) is 91.1 cm³/mol. The van der Waals surface area contributed by atoms with Crippen molar-refractivity contribution in [2.45, 2.75) is 18.6 Å². The molecular formula is C18H20O4S. The fraction of sp³-hybridized carbons (Fsp3) is 0.278. The molecule has 1 N–H and O–H groups in total. The van der Waals surface area contributed by atoms with E-state index in [2.05, 4.69) is 0 Å². The highest BCUT2D eigenvalue weighted by molar-refractivity contribution is 7.86. The summed E-state index contributed by atoms with van der Waals surface area (Å²) in [6, 6.07) is 16.4. The van der Waals surface area contributed by atoms with Crippen molar-refractivity contribution < 1.29 is 18.8 Å². The number of aryl methyl sites for hydroxylation is 1. The number of carboxylic acids is 1. The van der Waals surface area contributed by atoms with Crippen molar-refractivity contribution in [3.63, 3.8) is 0 Å². The van der Waals surface area contributed by atoms with Gasteiger partial charge < -0.3 is 9.84 Å². The third-order valence-electron chi connectivity index (χ3n) is 3.37. The average Bonchev–Trinajstić information content (AvgIpc) is 2.54. The molecule has 0 saturated carbocycles. The van der Waals surface area contributed by atoms with Crippen LogP contribution in [-0.4, -0.2) is 27.6 Å². The van der Waals surface area contributed by atoms with E-state index in [9.17, 15) is 14.1 Å². The molecule has 0 radical (unpaired) electrons. The fourth-order valence-corrected chi connectivity index (χ4v) is 3.50. The van der Waals surface area contributed by atoms with E-state index in [-0.39, 0.29) is 5.75 Å². The van der Waals surface area contributed by atoms with Crippen molar-refractivity contribution in [1.82, 2.24) is 0 Å². The monoisotopic (exact) mass is 332 g/mol. The van der Waals surface area contributed by atoms with Crippen molar-refractivity contribution in [3.05, 3.63) is 65.7 Å². The van der Waals surface area contributed by atoms with Crippen LogP contribution >= 0.6 is 0 Å². The van der Waals surface area contributed by atoms with Gasteiger partial charge in [0.15, 0.2) is 5.25 Å². The van der Waals surface area contributed by atoms with Crippen LogP contribution in [0.15, 0.2) is 54.6 Å². The lowest BCUT2D eigenvalue weighted by molar-refractivity contribution is -0.136. The Kier molecular flexibility index (Phi) is 6.35. The summed E-state index contributed by atoms with van der Waals surface area (Å²) in [5.41, 5.74) is 1.73. The lowest BCUT2D eigenvalue weighted by atomic mass is 10.1. The van der Waals surface area contributed by atoms with Crippen LogP contribution in [-0.2, 0) is 15.6 Å². The number of rotatable bonds is 8. The van der Waals surface area contributed by atoms with Crippen LogP contribution in [0.2, 0.25) is 0 Å². The van der Waals surface area contributed by atoms with Crippen molar-refractivity contribution in [2.75, 3.05) is 12.4 Å². The van der Waals surface area contributed by atoms with Gasteiger partial charge in [0.05, 0.1) is 6.61 Å². The van der Waals surface area contributed by atoms with E-state index in [1.165, 1.54) is 0 Å². The molecule has 0 amide bonds. The van der Waals surface area contributed by atoms with Crippen LogP contribution in [0.25, 0.3) is 0 Å². The summed E-state index contributed by atoms with van der Waals surface area (Å²) in [6.07, 6.45) is 0.539. The first-order valence-electron chi connectivity index (χ1n) is 7.42. The third-order valence-corrected chi connectivity index (χ3v) is 5.06. The molecule has 2 aromatic rings. The van der Waals surface area contributed by atoms with Gasteiger partial charge in [-0.3, -0.25) is 9.00 Å². The molecule has 0 aliphatic carbocycles. The number of hydrogen-bond donors (Lipinski definition) is 1. The van der Waals surface area contributed by atoms with Crippen molar-refractivity contribution >= 4 is 16.8 Å². The molecular weight excluding hydrogens is 312 g/mol. The minimum Gasteiger partial charge on any atom is -0.494 e. The Morgan fingerprint density at radius 1 is 1.13 bits per heavy atom. The van der Waals surface area contributed by atoms with E-state index >= 15 is 0 Å². The predicted octanol–water partition coefficient (Wildman–Crippen LogP) is 3.34. The summed E-state index contributed by atoms with van der Waals surface area (Å²) in [7, 11) is -1.48. The van der Waals surface area contributed by atoms with Crippen LogP contribution in [0, 0.1) is 6.92 Å². The van der Waals surface area contributed by atoms with Gasteiger partial charge in [-0.2, -0.15) is 0 Å². The zero-order valence-electron chi connectivity index (χ0n) is 13.0. The molecule has 4 nitrogen and oxygen atoms in total. The Morgan fingerprint density at radius 3 is 2.39 bits per heavy atom. The molecule has 0 spiro atoms. The maximum absolute atomic E-state index is 12.3. The fourth-order valence-electron chi connectivity index (χ4n) is 2.18. The largest absolute Gasteiger partial charge is 0.494 e. The Labute approximate surface area is 138 Å². The molecule has 2 aromatic carbocycles. The van der Waals surface area contributed by atoms with Crippen LogP contribution in [0.3, 0.4) is 0 Å². The van der Waals surface area contributed by atoms with Gasteiger partial charge in [-0.1, -0.05) is 48.0 Å². The first-order chi connectivity index (χ1) is 11.1. The van der Waals surface area contributed by atoms with Gasteiger partial charge in [0.2, 0.25) is 0 Å². The number of aliphatic carboxylic acids is 1. The second-order valence-electron chi connectivity index (χ2n) is 5.23. The molecule has 0 aliphatic rings. The van der Waals surface area contributed by atoms with E-state index in [1.54, 1.807) is 30.3 Å². The third kappa shape index (κ3) is 5.21. The summed E-state index contributed by atoms with van der Waals surface area (Å²) in [5, 5.41) is 8.34. The zero-order chi connectivity index (χ0) is 16.7. The van der Waals surface area contributed by atoms with Crippen molar-refractivity contribution in [2.24, 2.45) is 0 Å². The van der Waals surface area contributed by atoms with Gasteiger partial charge in [0.1, 0.15) is 5.75 Å². The highest BCUT2D eigenvalue weighted by Crippen LogP contribution is 2.21. The van der Waals surface area contributed by atoms with Crippen LogP contribution in [0.5, 0.6) is 5.75 Å². The maximum atomic E-state index is 12.3. The summed E-state index contributed by atoms with van der Waals surface area (Å²) in [5.74, 6) is -0.00854. The van der Waals surface area contributed by atoms with E-state index in [4.69, 9.17) is 4.74 Å². The van der Waals surface area contributed by atoms with E-state index in [0.717, 1.165) is 11.3 Å². The van der Waals surface area contributed by atoms with Gasteiger partial charge in [-0.05, 0) is 31.0 Å². The Hall–Kier alpha value is -2.14. The van der Waals surface area contributed by atoms with Crippen molar-refractivity contribution in [1.29, 1.82) is 0 Å². The van der Waals surface area contributed by atoms with E-state index < -0.39 is 22.0 Å². The SMILES string of the molecule is Cc1ccc(OCCCS(=O)C(C(=O)O)c2ccccc2)cc1. The van der Waals surface area contributed by atoms with E-state index in [0.29, 0.717) is 18.6 Å². The standard InChI is InChI=1S/C18H20O4S/c1-14-8-10-16(11-9-14)22-12-5-13-23(21)17(18(19)20)15-6-3-2-4-7-15/h2-4,6-11,17H,5,12-13H2,1H3,(H,19,20). The Morgan fingerprint density at radius 2 is 1.78 bits per heavy atom. The summed E-state index contributed by atoms with van der Waals surface area (Å²) < 4.78 is 17.9. The highest BCUT2D eigenvalue weighted by Gasteiger charge is 2.26. The lowest BCUT2D eigenvalue weighted by Gasteiger charge is -2.13. The van der Waals surface area contributed by atoms with Crippen LogP contribution < -0.4 is 4.74 Å². The van der Waals surface area contributed by atoms with Gasteiger partial charge in [0, 0.05) is 16.6 Å².